The Morgan fingerprint density at radius 3 is 2.51 bits per heavy atom. The standard InChI is InChI=1S/C28H21N7O3S/c29-15-22-11-10-20-14-25(27-32-33-28(30)38-27)35(26(20)31-22)16-21-13-23(12-19-8-4-5-9-24(19)21)34-39(36,37)17-18-6-2-1-3-7-18/h1-14,34H,16-17H2,(H2,30,33). The Morgan fingerprint density at radius 1 is 0.949 bits per heavy atom. The van der Waals surface area contributed by atoms with Crippen molar-refractivity contribution in [1.82, 2.24) is 19.7 Å². The van der Waals surface area contributed by atoms with E-state index in [4.69, 9.17) is 10.2 Å². The normalized spacial score (nSPS) is 11.6. The minimum Gasteiger partial charge on any atom is -0.402 e. The maximum atomic E-state index is 13.0. The van der Waals surface area contributed by atoms with E-state index in [1.165, 1.54) is 0 Å². The van der Waals surface area contributed by atoms with E-state index >= 15 is 0 Å². The third-order valence-corrected chi connectivity index (χ3v) is 7.53. The van der Waals surface area contributed by atoms with Crippen LogP contribution in [-0.2, 0) is 22.3 Å². The number of nitriles is 1. The Labute approximate surface area is 223 Å². The SMILES string of the molecule is N#Cc1ccc2cc(-c3nnc(N)o3)n(Cc3cc(NS(=O)(=O)Cc4ccccc4)cc4ccccc34)c2n1. The third kappa shape index (κ3) is 4.88. The summed E-state index contributed by atoms with van der Waals surface area (Å²) in [6, 6.07) is 27.6. The van der Waals surface area contributed by atoms with Gasteiger partial charge >= 0.3 is 6.01 Å². The maximum absolute atomic E-state index is 13.0. The Bertz CT molecular complexity index is 1990. The van der Waals surface area contributed by atoms with Crippen LogP contribution >= 0.6 is 0 Å². The molecule has 0 aliphatic heterocycles. The first-order valence-corrected chi connectivity index (χ1v) is 13.6. The molecule has 192 valence electrons. The van der Waals surface area contributed by atoms with Crippen molar-refractivity contribution in [3.05, 3.63) is 102 Å². The summed E-state index contributed by atoms with van der Waals surface area (Å²) in [6.07, 6.45) is 0. The monoisotopic (exact) mass is 535 g/mol. The number of benzene rings is 3. The van der Waals surface area contributed by atoms with Crippen LogP contribution in [0, 0.1) is 11.3 Å². The Morgan fingerprint density at radius 2 is 1.74 bits per heavy atom. The molecule has 6 rings (SSSR count). The molecule has 3 aromatic heterocycles. The quantitative estimate of drug-likeness (QED) is 0.299. The van der Waals surface area contributed by atoms with E-state index in [1.807, 2.05) is 41.0 Å². The fraction of sp³-hybridized carbons (Fsp3) is 0.0714. The lowest BCUT2D eigenvalue weighted by Gasteiger charge is -2.15. The molecule has 0 aliphatic carbocycles. The van der Waals surface area contributed by atoms with Crippen LogP contribution < -0.4 is 10.5 Å². The summed E-state index contributed by atoms with van der Waals surface area (Å²) in [7, 11) is -3.68. The smallest absolute Gasteiger partial charge is 0.313 e. The summed E-state index contributed by atoms with van der Waals surface area (Å²) < 4.78 is 36.2. The fourth-order valence-electron chi connectivity index (χ4n) is 4.62. The molecular formula is C28H21N7O3S. The van der Waals surface area contributed by atoms with Crippen molar-refractivity contribution in [2.24, 2.45) is 0 Å². The number of hydrogen-bond acceptors (Lipinski definition) is 8. The molecule has 0 saturated heterocycles. The molecule has 6 aromatic rings. The minimum atomic E-state index is -3.68. The minimum absolute atomic E-state index is 0.0762. The highest BCUT2D eigenvalue weighted by molar-refractivity contribution is 7.91. The van der Waals surface area contributed by atoms with Gasteiger partial charge in [-0.05, 0) is 52.2 Å². The number of anilines is 2. The van der Waals surface area contributed by atoms with Crippen LogP contribution in [0.25, 0.3) is 33.4 Å². The molecule has 3 heterocycles. The van der Waals surface area contributed by atoms with Crippen LogP contribution in [0.2, 0.25) is 0 Å². The van der Waals surface area contributed by atoms with Crippen molar-refractivity contribution in [3.63, 3.8) is 0 Å². The summed E-state index contributed by atoms with van der Waals surface area (Å²) in [5.41, 5.74) is 9.00. The number of aromatic nitrogens is 4. The Kier molecular flexibility index (Phi) is 5.94. The summed E-state index contributed by atoms with van der Waals surface area (Å²) in [5.74, 6) is 0.0509. The third-order valence-electron chi connectivity index (χ3n) is 6.27. The fourth-order valence-corrected chi connectivity index (χ4v) is 5.80. The highest BCUT2D eigenvalue weighted by Crippen LogP contribution is 2.31. The molecule has 3 aromatic carbocycles. The van der Waals surface area contributed by atoms with E-state index < -0.39 is 10.0 Å². The van der Waals surface area contributed by atoms with Crippen molar-refractivity contribution >= 4 is 43.5 Å². The molecule has 0 aliphatic rings. The number of fused-ring (bicyclic) bond motifs is 2. The van der Waals surface area contributed by atoms with E-state index in [0.717, 1.165) is 21.7 Å². The molecule has 11 heteroatoms. The van der Waals surface area contributed by atoms with Crippen molar-refractivity contribution < 1.29 is 12.8 Å². The second-order valence-electron chi connectivity index (χ2n) is 8.99. The van der Waals surface area contributed by atoms with Crippen molar-refractivity contribution in [2.45, 2.75) is 12.3 Å². The van der Waals surface area contributed by atoms with E-state index in [2.05, 4.69) is 26.0 Å². The lowest BCUT2D eigenvalue weighted by molar-refractivity contribution is 0.582. The van der Waals surface area contributed by atoms with Gasteiger partial charge in [-0.2, -0.15) is 5.26 Å². The predicted molar refractivity (Wildman–Crippen MR) is 148 cm³/mol. The molecule has 39 heavy (non-hydrogen) atoms. The van der Waals surface area contributed by atoms with E-state index in [1.54, 1.807) is 48.5 Å². The highest BCUT2D eigenvalue weighted by Gasteiger charge is 2.20. The first kappa shape index (κ1) is 24.1. The average molecular weight is 536 g/mol. The van der Waals surface area contributed by atoms with Crippen LogP contribution in [0.5, 0.6) is 0 Å². The van der Waals surface area contributed by atoms with Gasteiger partial charge in [-0.1, -0.05) is 59.7 Å². The number of nitrogen functional groups attached to an aromatic ring is 1. The van der Waals surface area contributed by atoms with Gasteiger partial charge in [0.2, 0.25) is 10.0 Å². The maximum Gasteiger partial charge on any atom is 0.313 e. The Balaban J connectivity index is 1.46. The van der Waals surface area contributed by atoms with Gasteiger partial charge in [0.25, 0.3) is 5.89 Å². The topological polar surface area (TPSA) is 153 Å². The lowest BCUT2D eigenvalue weighted by Crippen LogP contribution is -2.15. The van der Waals surface area contributed by atoms with Crippen molar-refractivity contribution in [1.29, 1.82) is 5.26 Å². The second kappa shape index (κ2) is 9.59. The predicted octanol–water partition coefficient (Wildman–Crippen LogP) is 4.68. The first-order chi connectivity index (χ1) is 18.9. The van der Waals surface area contributed by atoms with Gasteiger partial charge in [0.15, 0.2) is 0 Å². The van der Waals surface area contributed by atoms with Crippen LogP contribution in [-0.4, -0.2) is 28.2 Å². The molecule has 0 unspecified atom stereocenters. The van der Waals surface area contributed by atoms with Gasteiger partial charge < -0.3 is 14.7 Å². The first-order valence-electron chi connectivity index (χ1n) is 11.9. The number of pyridine rings is 1. The van der Waals surface area contributed by atoms with Gasteiger partial charge in [0, 0.05) is 11.1 Å². The number of nitrogens with two attached hydrogens (primary N) is 1. The number of hydrogen-bond donors (Lipinski definition) is 2. The van der Waals surface area contributed by atoms with Crippen LogP contribution in [0.15, 0.2) is 89.3 Å². The molecule has 0 atom stereocenters. The summed E-state index contributed by atoms with van der Waals surface area (Å²) >= 11 is 0. The van der Waals surface area contributed by atoms with E-state index in [-0.39, 0.29) is 29.9 Å². The van der Waals surface area contributed by atoms with Gasteiger partial charge in [-0.25, -0.2) is 13.4 Å². The largest absolute Gasteiger partial charge is 0.402 e. The molecule has 0 radical (unpaired) electrons. The summed E-state index contributed by atoms with van der Waals surface area (Å²) in [5, 5.41) is 19.8. The molecular weight excluding hydrogens is 514 g/mol. The van der Waals surface area contributed by atoms with Crippen LogP contribution in [0.3, 0.4) is 0 Å². The van der Waals surface area contributed by atoms with Crippen molar-refractivity contribution in [2.75, 3.05) is 10.5 Å². The average Bonchev–Trinajstić information content (AvgIpc) is 3.51. The zero-order valence-corrected chi connectivity index (χ0v) is 21.3. The number of nitrogens with zero attached hydrogens (tertiary/aromatic N) is 5. The lowest BCUT2D eigenvalue weighted by atomic mass is 10.0. The van der Waals surface area contributed by atoms with Gasteiger partial charge in [0.05, 0.1) is 12.3 Å². The molecule has 0 saturated carbocycles. The van der Waals surface area contributed by atoms with Gasteiger partial charge in [0.1, 0.15) is 23.1 Å². The Hall–Kier alpha value is -5.21. The van der Waals surface area contributed by atoms with Crippen LogP contribution in [0.4, 0.5) is 11.7 Å². The molecule has 0 spiro atoms. The van der Waals surface area contributed by atoms with Gasteiger partial charge in [-0.15, -0.1) is 5.10 Å². The number of sulfonamides is 1. The molecule has 3 N–H and O–H groups in total. The number of nitrogens with one attached hydrogen (secondary N) is 1. The van der Waals surface area contributed by atoms with E-state index in [0.29, 0.717) is 22.6 Å². The molecule has 0 amide bonds. The molecule has 0 fully saturated rings. The molecule has 10 nitrogen and oxygen atoms in total. The highest BCUT2D eigenvalue weighted by atomic mass is 32.2. The van der Waals surface area contributed by atoms with E-state index in [9.17, 15) is 13.7 Å². The summed E-state index contributed by atoms with van der Waals surface area (Å²) in [6.45, 7) is 0.276. The van der Waals surface area contributed by atoms with Crippen molar-refractivity contribution in [3.8, 4) is 17.7 Å². The van der Waals surface area contributed by atoms with Gasteiger partial charge in [-0.3, -0.25) is 4.72 Å². The summed E-state index contributed by atoms with van der Waals surface area (Å²) in [4.78, 5) is 4.52. The van der Waals surface area contributed by atoms with Crippen LogP contribution in [0.1, 0.15) is 16.8 Å². The second-order valence-corrected chi connectivity index (χ2v) is 10.7. The zero-order valence-electron chi connectivity index (χ0n) is 20.4. The zero-order chi connectivity index (χ0) is 27.0. The molecule has 0 bridgehead atoms. The number of rotatable bonds is 7.